The van der Waals surface area contributed by atoms with Gasteiger partial charge in [0.1, 0.15) is 5.75 Å². The number of carbonyl (C=O) groups excluding carboxylic acids is 2. The number of methoxy groups -OCH3 is 2. The van der Waals surface area contributed by atoms with E-state index < -0.39 is 0 Å². The highest BCUT2D eigenvalue weighted by atomic mass is 16.5. The van der Waals surface area contributed by atoms with Crippen LogP contribution in [0.4, 0.5) is 5.69 Å². The lowest BCUT2D eigenvalue weighted by molar-refractivity contribution is -0.132. The normalized spacial score (nSPS) is 10.0. The Morgan fingerprint density at radius 3 is 2.67 bits per heavy atom. The molecule has 1 aromatic carbocycles. The molecule has 2 amide bonds. The van der Waals surface area contributed by atoms with Crippen molar-refractivity contribution in [3.8, 4) is 5.75 Å². The second-order valence-electron chi connectivity index (χ2n) is 4.57. The monoisotopic (exact) mass is 294 g/mol. The quantitative estimate of drug-likeness (QED) is 0.738. The number of nitrogens with one attached hydrogen (secondary N) is 1. The van der Waals surface area contributed by atoms with Crippen molar-refractivity contribution in [2.75, 3.05) is 39.2 Å². The molecule has 0 heterocycles. The zero-order chi connectivity index (χ0) is 15.7. The fourth-order valence-corrected chi connectivity index (χ4v) is 1.82. The Morgan fingerprint density at radius 1 is 1.29 bits per heavy atom. The predicted molar refractivity (Wildman–Crippen MR) is 80.4 cm³/mol. The van der Waals surface area contributed by atoms with Gasteiger partial charge < -0.3 is 19.7 Å². The molecule has 0 aromatic heterocycles. The summed E-state index contributed by atoms with van der Waals surface area (Å²) in [6, 6.07) is 7.07. The third-order valence-corrected chi connectivity index (χ3v) is 2.91. The zero-order valence-corrected chi connectivity index (χ0v) is 12.7. The molecule has 0 radical (unpaired) electrons. The van der Waals surface area contributed by atoms with E-state index in [9.17, 15) is 9.59 Å². The van der Waals surface area contributed by atoms with Crippen LogP contribution in [0.3, 0.4) is 0 Å². The number of hydrogen-bond acceptors (Lipinski definition) is 4. The Balaban J connectivity index is 2.54. The lowest BCUT2D eigenvalue weighted by atomic mass is 10.3. The van der Waals surface area contributed by atoms with E-state index in [1.54, 1.807) is 38.5 Å². The third-order valence-electron chi connectivity index (χ3n) is 2.91. The number of carbonyl (C=O) groups is 2. The summed E-state index contributed by atoms with van der Waals surface area (Å²) >= 11 is 0. The van der Waals surface area contributed by atoms with Gasteiger partial charge >= 0.3 is 0 Å². The van der Waals surface area contributed by atoms with Crippen LogP contribution in [-0.2, 0) is 14.3 Å². The maximum Gasteiger partial charge on any atom is 0.243 e. The highest BCUT2D eigenvalue weighted by Gasteiger charge is 2.13. The highest BCUT2D eigenvalue weighted by Crippen LogP contribution is 2.16. The number of nitrogens with zero attached hydrogens (tertiary/aromatic N) is 1. The molecule has 0 bridgehead atoms. The van der Waals surface area contributed by atoms with Gasteiger partial charge in [-0.2, -0.15) is 0 Å². The van der Waals surface area contributed by atoms with E-state index in [-0.39, 0.29) is 18.4 Å². The van der Waals surface area contributed by atoms with Gasteiger partial charge in [0.25, 0.3) is 0 Å². The molecule has 6 nitrogen and oxygen atoms in total. The molecule has 0 saturated heterocycles. The Bertz CT molecular complexity index is 476. The van der Waals surface area contributed by atoms with Gasteiger partial charge in [-0.3, -0.25) is 9.59 Å². The topological polar surface area (TPSA) is 67.9 Å². The molecule has 21 heavy (non-hydrogen) atoms. The van der Waals surface area contributed by atoms with E-state index in [0.29, 0.717) is 31.0 Å². The molecule has 0 spiro atoms. The number of benzene rings is 1. The summed E-state index contributed by atoms with van der Waals surface area (Å²) in [5, 5.41) is 2.75. The van der Waals surface area contributed by atoms with Crippen molar-refractivity contribution in [2.45, 2.75) is 13.3 Å². The summed E-state index contributed by atoms with van der Waals surface area (Å²) in [6.07, 6.45) is 0.697. The standard InChI is InChI=1S/C15H22N2O4/c1-12(18)17(8-5-9-20-2)11-15(19)16-13-6-4-7-14(10-13)21-3/h4,6-7,10H,5,8-9,11H2,1-3H3,(H,16,19). The first kappa shape index (κ1) is 17.0. The Morgan fingerprint density at radius 2 is 2.05 bits per heavy atom. The van der Waals surface area contributed by atoms with Crippen molar-refractivity contribution in [1.29, 1.82) is 0 Å². The minimum absolute atomic E-state index is 0.0241. The zero-order valence-electron chi connectivity index (χ0n) is 12.7. The fraction of sp³-hybridized carbons (Fsp3) is 0.467. The van der Waals surface area contributed by atoms with Crippen LogP contribution in [-0.4, -0.2) is 50.6 Å². The largest absolute Gasteiger partial charge is 0.497 e. The maximum absolute atomic E-state index is 12.0. The Kier molecular flexibility index (Phi) is 7.25. The van der Waals surface area contributed by atoms with Crippen LogP contribution in [0.15, 0.2) is 24.3 Å². The van der Waals surface area contributed by atoms with Gasteiger partial charge in [-0.15, -0.1) is 0 Å². The smallest absolute Gasteiger partial charge is 0.243 e. The van der Waals surface area contributed by atoms with Gasteiger partial charge in [0.15, 0.2) is 0 Å². The molecule has 0 fully saturated rings. The second-order valence-corrected chi connectivity index (χ2v) is 4.57. The Hall–Kier alpha value is -2.08. The summed E-state index contributed by atoms with van der Waals surface area (Å²) < 4.78 is 10.0. The van der Waals surface area contributed by atoms with Gasteiger partial charge in [0.2, 0.25) is 11.8 Å². The van der Waals surface area contributed by atoms with Crippen molar-refractivity contribution in [1.82, 2.24) is 4.90 Å². The summed E-state index contributed by atoms with van der Waals surface area (Å²) in [5.41, 5.74) is 0.639. The van der Waals surface area contributed by atoms with Gasteiger partial charge in [-0.05, 0) is 18.6 Å². The van der Waals surface area contributed by atoms with Gasteiger partial charge in [-0.1, -0.05) is 6.07 Å². The fourth-order valence-electron chi connectivity index (χ4n) is 1.82. The van der Waals surface area contributed by atoms with Crippen LogP contribution in [0, 0.1) is 0 Å². The molecule has 0 aliphatic heterocycles. The molecular weight excluding hydrogens is 272 g/mol. The lowest BCUT2D eigenvalue weighted by Crippen LogP contribution is -2.37. The molecule has 0 atom stereocenters. The first-order chi connectivity index (χ1) is 10.1. The summed E-state index contributed by atoms with van der Waals surface area (Å²) in [6.45, 7) is 2.53. The molecule has 6 heteroatoms. The van der Waals surface area contributed by atoms with Gasteiger partial charge in [0.05, 0.1) is 13.7 Å². The summed E-state index contributed by atoms with van der Waals surface area (Å²) in [7, 11) is 3.17. The first-order valence-electron chi connectivity index (χ1n) is 6.75. The number of rotatable bonds is 8. The van der Waals surface area contributed by atoms with Crippen molar-refractivity contribution in [2.24, 2.45) is 0 Å². The van der Waals surface area contributed by atoms with E-state index in [2.05, 4.69) is 5.32 Å². The van der Waals surface area contributed by atoms with E-state index in [4.69, 9.17) is 9.47 Å². The van der Waals surface area contributed by atoms with E-state index >= 15 is 0 Å². The van der Waals surface area contributed by atoms with E-state index in [1.807, 2.05) is 0 Å². The lowest BCUT2D eigenvalue weighted by Gasteiger charge is -2.20. The molecule has 1 N–H and O–H groups in total. The van der Waals surface area contributed by atoms with Gasteiger partial charge in [-0.25, -0.2) is 0 Å². The van der Waals surface area contributed by atoms with Gasteiger partial charge in [0, 0.05) is 38.9 Å². The minimum Gasteiger partial charge on any atom is -0.497 e. The van der Waals surface area contributed by atoms with Crippen LogP contribution < -0.4 is 10.1 Å². The van der Waals surface area contributed by atoms with Crippen LogP contribution in [0.2, 0.25) is 0 Å². The second kappa shape index (κ2) is 8.97. The number of anilines is 1. The average Bonchev–Trinajstić information content (AvgIpc) is 2.46. The molecule has 0 saturated carbocycles. The first-order valence-corrected chi connectivity index (χ1v) is 6.75. The van der Waals surface area contributed by atoms with Crippen molar-refractivity contribution in [3.05, 3.63) is 24.3 Å². The van der Waals surface area contributed by atoms with E-state index in [0.717, 1.165) is 0 Å². The third kappa shape index (κ3) is 6.27. The van der Waals surface area contributed by atoms with Crippen LogP contribution in [0.25, 0.3) is 0 Å². The van der Waals surface area contributed by atoms with Crippen molar-refractivity contribution in [3.63, 3.8) is 0 Å². The Labute approximate surface area is 125 Å². The molecule has 0 aliphatic rings. The van der Waals surface area contributed by atoms with Crippen LogP contribution in [0.1, 0.15) is 13.3 Å². The van der Waals surface area contributed by atoms with Crippen LogP contribution >= 0.6 is 0 Å². The molecule has 1 aromatic rings. The minimum atomic E-state index is -0.240. The molecular formula is C15H22N2O4. The summed E-state index contributed by atoms with van der Waals surface area (Å²) in [4.78, 5) is 25.0. The maximum atomic E-state index is 12.0. The van der Waals surface area contributed by atoms with Crippen molar-refractivity contribution >= 4 is 17.5 Å². The summed E-state index contributed by atoms with van der Waals surface area (Å²) in [5.74, 6) is 0.291. The molecule has 0 unspecified atom stereocenters. The molecule has 1 rings (SSSR count). The SMILES string of the molecule is COCCCN(CC(=O)Nc1cccc(OC)c1)C(C)=O. The van der Waals surface area contributed by atoms with Crippen LogP contribution in [0.5, 0.6) is 5.75 Å². The number of amides is 2. The van der Waals surface area contributed by atoms with E-state index in [1.165, 1.54) is 11.8 Å². The molecule has 0 aliphatic carbocycles. The highest BCUT2D eigenvalue weighted by molar-refractivity contribution is 5.94. The molecule has 116 valence electrons. The average molecular weight is 294 g/mol. The van der Waals surface area contributed by atoms with Crippen molar-refractivity contribution < 1.29 is 19.1 Å². The number of hydrogen-bond donors (Lipinski definition) is 1. The number of ether oxygens (including phenoxy) is 2. The predicted octanol–water partition coefficient (Wildman–Crippen LogP) is 1.52.